The first-order valence-corrected chi connectivity index (χ1v) is 5.95. The molecule has 1 rings (SSSR count). The van der Waals surface area contributed by atoms with Gasteiger partial charge in [-0.2, -0.15) is 0 Å². The molecule has 0 radical (unpaired) electrons. The second-order valence-corrected chi connectivity index (χ2v) is 5.90. The van der Waals surface area contributed by atoms with E-state index in [4.69, 9.17) is 34.8 Å². The molecule has 1 aromatic carbocycles. The van der Waals surface area contributed by atoms with Crippen molar-refractivity contribution < 1.29 is 0 Å². The molecule has 0 aliphatic rings. The molecule has 0 spiro atoms. The third-order valence-electron chi connectivity index (χ3n) is 1.64. The maximum absolute atomic E-state index is 5.99. The number of hydrogen-bond acceptors (Lipinski definition) is 0. The van der Waals surface area contributed by atoms with Gasteiger partial charge in [0, 0.05) is 15.3 Å². The zero-order valence-corrected chi connectivity index (χ0v) is 11.1. The molecular formula is C8H9Cl3Si. The minimum absolute atomic E-state index is 0.480. The molecule has 12 heavy (non-hydrogen) atoms. The van der Waals surface area contributed by atoms with Crippen LogP contribution in [0.25, 0.3) is 0 Å². The van der Waals surface area contributed by atoms with Crippen molar-refractivity contribution in [1.82, 2.24) is 0 Å². The predicted molar refractivity (Wildman–Crippen MR) is 59.8 cm³/mol. The molecule has 66 valence electrons. The van der Waals surface area contributed by atoms with Crippen LogP contribution in [-0.2, 0) is 0 Å². The van der Waals surface area contributed by atoms with Crippen molar-refractivity contribution in [2.45, 2.75) is 12.5 Å². The molecule has 0 saturated carbocycles. The Kier molecular flexibility index (Phi) is 3.47. The quantitative estimate of drug-likeness (QED) is 0.522. The standard InChI is InChI=1S/C8H9Cl3Si/c1-4(12)6-2-5(9)3-7(10)8(6)11/h2-4H,1,12H3. The molecule has 0 bridgehead atoms. The Labute approximate surface area is 90.2 Å². The summed E-state index contributed by atoms with van der Waals surface area (Å²) in [4.78, 5) is 0. The van der Waals surface area contributed by atoms with Gasteiger partial charge in [0.05, 0.1) is 10.0 Å². The SMILES string of the molecule is CC([SiH3])c1cc(Cl)cc(Cl)c1Cl. The van der Waals surface area contributed by atoms with Crippen molar-refractivity contribution in [3.05, 3.63) is 32.8 Å². The van der Waals surface area contributed by atoms with Crippen LogP contribution in [0.2, 0.25) is 15.1 Å². The van der Waals surface area contributed by atoms with Crippen LogP contribution in [0.4, 0.5) is 0 Å². The molecule has 0 N–H and O–H groups in total. The average molecular weight is 240 g/mol. The third-order valence-corrected chi connectivity index (χ3v) is 3.30. The summed E-state index contributed by atoms with van der Waals surface area (Å²) in [6, 6.07) is 3.55. The smallest absolute Gasteiger partial charge is 0.0624 e. The van der Waals surface area contributed by atoms with Gasteiger partial charge >= 0.3 is 0 Å². The van der Waals surface area contributed by atoms with Crippen LogP contribution in [0.3, 0.4) is 0 Å². The second-order valence-electron chi connectivity index (χ2n) is 2.95. The maximum Gasteiger partial charge on any atom is 0.0624 e. The van der Waals surface area contributed by atoms with E-state index in [1.54, 1.807) is 6.07 Å². The zero-order valence-electron chi connectivity index (χ0n) is 6.87. The molecule has 0 heterocycles. The van der Waals surface area contributed by atoms with Crippen molar-refractivity contribution in [3.63, 3.8) is 0 Å². The molecule has 0 amide bonds. The Morgan fingerprint density at radius 3 is 2.33 bits per heavy atom. The van der Waals surface area contributed by atoms with Gasteiger partial charge in [-0.3, -0.25) is 0 Å². The Balaban J connectivity index is 3.28. The number of benzene rings is 1. The molecule has 1 unspecified atom stereocenters. The van der Waals surface area contributed by atoms with Crippen LogP contribution >= 0.6 is 34.8 Å². The van der Waals surface area contributed by atoms with Crippen molar-refractivity contribution in [2.24, 2.45) is 0 Å². The van der Waals surface area contributed by atoms with Crippen LogP contribution in [0, 0.1) is 0 Å². The van der Waals surface area contributed by atoms with Gasteiger partial charge in [-0.1, -0.05) is 41.7 Å². The monoisotopic (exact) mass is 238 g/mol. The van der Waals surface area contributed by atoms with E-state index in [0.29, 0.717) is 20.6 Å². The highest BCUT2D eigenvalue weighted by molar-refractivity contribution is 6.44. The summed E-state index contributed by atoms with van der Waals surface area (Å²) in [5.41, 5.74) is 1.54. The Morgan fingerprint density at radius 2 is 1.83 bits per heavy atom. The van der Waals surface area contributed by atoms with E-state index in [0.717, 1.165) is 15.8 Å². The minimum Gasteiger partial charge on any atom is -0.0843 e. The summed E-state index contributed by atoms with van der Waals surface area (Å²) in [5, 5.41) is 1.84. The molecule has 4 heteroatoms. The lowest BCUT2D eigenvalue weighted by Gasteiger charge is -2.09. The van der Waals surface area contributed by atoms with E-state index in [1.807, 2.05) is 6.07 Å². The molecule has 1 aromatic rings. The topological polar surface area (TPSA) is 0 Å². The summed E-state index contributed by atoms with van der Waals surface area (Å²) in [6.07, 6.45) is 0. The molecule has 0 nitrogen and oxygen atoms in total. The van der Waals surface area contributed by atoms with E-state index in [9.17, 15) is 0 Å². The highest BCUT2D eigenvalue weighted by atomic mass is 35.5. The number of hydrogen-bond donors (Lipinski definition) is 0. The largest absolute Gasteiger partial charge is 0.0843 e. The van der Waals surface area contributed by atoms with Crippen molar-refractivity contribution >= 4 is 45.0 Å². The first-order valence-electron chi connectivity index (χ1n) is 3.67. The highest BCUT2D eigenvalue weighted by Crippen LogP contribution is 2.32. The Hall–Kier alpha value is 0.307. The lowest BCUT2D eigenvalue weighted by atomic mass is 10.1. The molecule has 0 fully saturated rings. The normalized spacial score (nSPS) is 13.3. The molecule has 0 saturated heterocycles. The van der Waals surface area contributed by atoms with Gasteiger partial charge in [-0.25, -0.2) is 0 Å². The lowest BCUT2D eigenvalue weighted by Crippen LogP contribution is -1.93. The number of rotatable bonds is 1. The third kappa shape index (κ3) is 2.16. The summed E-state index contributed by atoms with van der Waals surface area (Å²) in [7, 11) is 1.05. The molecule has 0 aliphatic carbocycles. The van der Waals surface area contributed by atoms with Gasteiger partial charge in [-0.15, -0.1) is 0 Å². The van der Waals surface area contributed by atoms with E-state index in [2.05, 4.69) is 6.92 Å². The summed E-state index contributed by atoms with van der Waals surface area (Å²) in [5.74, 6) is 0. The molecule has 1 atom stereocenters. The van der Waals surface area contributed by atoms with Crippen molar-refractivity contribution in [3.8, 4) is 0 Å². The zero-order chi connectivity index (χ0) is 9.30. The average Bonchev–Trinajstić information content (AvgIpc) is 1.96. The summed E-state index contributed by atoms with van der Waals surface area (Å²) in [6.45, 7) is 2.11. The predicted octanol–water partition coefficient (Wildman–Crippen LogP) is 3.07. The van der Waals surface area contributed by atoms with Crippen molar-refractivity contribution in [2.75, 3.05) is 0 Å². The minimum atomic E-state index is 0.480. The van der Waals surface area contributed by atoms with Gasteiger partial charge in [0.1, 0.15) is 0 Å². The fourth-order valence-corrected chi connectivity index (χ4v) is 2.47. The molecule has 0 aromatic heterocycles. The first kappa shape index (κ1) is 10.4. The van der Waals surface area contributed by atoms with E-state index in [-0.39, 0.29) is 0 Å². The molecule has 0 aliphatic heterocycles. The van der Waals surface area contributed by atoms with Gasteiger partial charge in [0.15, 0.2) is 0 Å². The second kappa shape index (κ2) is 4.01. The van der Waals surface area contributed by atoms with Crippen LogP contribution in [0.5, 0.6) is 0 Å². The van der Waals surface area contributed by atoms with E-state index < -0.39 is 0 Å². The summed E-state index contributed by atoms with van der Waals surface area (Å²) < 4.78 is 0. The molecular weight excluding hydrogens is 231 g/mol. The fourth-order valence-electron chi connectivity index (χ4n) is 0.996. The lowest BCUT2D eigenvalue weighted by molar-refractivity contribution is 1.08. The number of halogens is 3. The van der Waals surface area contributed by atoms with Crippen molar-refractivity contribution in [1.29, 1.82) is 0 Å². The van der Waals surface area contributed by atoms with E-state index >= 15 is 0 Å². The Morgan fingerprint density at radius 1 is 1.25 bits per heavy atom. The fraction of sp³-hybridized carbons (Fsp3) is 0.250. The van der Waals surface area contributed by atoms with Gasteiger partial charge in [0.25, 0.3) is 0 Å². The maximum atomic E-state index is 5.99. The first-order chi connectivity index (χ1) is 5.52. The summed E-state index contributed by atoms with van der Waals surface area (Å²) >= 11 is 17.7. The van der Waals surface area contributed by atoms with Gasteiger partial charge in [0.2, 0.25) is 0 Å². The van der Waals surface area contributed by atoms with E-state index in [1.165, 1.54) is 0 Å². The van der Waals surface area contributed by atoms with Crippen LogP contribution in [0.15, 0.2) is 12.1 Å². The van der Waals surface area contributed by atoms with Crippen LogP contribution in [0.1, 0.15) is 18.0 Å². The highest BCUT2D eigenvalue weighted by Gasteiger charge is 2.09. The van der Waals surface area contributed by atoms with Gasteiger partial charge < -0.3 is 0 Å². The Bertz CT molecular complexity index is 297. The van der Waals surface area contributed by atoms with Crippen LogP contribution in [-0.4, -0.2) is 10.2 Å². The van der Waals surface area contributed by atoms with Gasteiger partial charge in [-0.05, 0) is 23.2 Å². The van der Waals surface area contributed by atoms with Crippen LogP contribution < -0.4 is 0 Å².